The molecule has 0 aliphatic carbocycles. The van der Waals surface area contributed by atoms with Crippen molar-refractivity contribution in [2.75, 3.05) is 13.7 Å². The first kappa shape index (κ1) is 16.7. The predicted molar refractivity (Wildman–Crippen MR) is 96.5 cm³/mol. The molecule has 1 heterocycles. The Morgan fingerprint density at radius 3 is 2.28 bits per heavy atom. The third-order valence-electron chi connectivity index (χ3n) is 3.75. The summed E-state index contributed by atoms with van der Waals surface area (Å²) in [4.78, 5) is 12.2. The standard InChI is InChI=1S/C21H19O4/c1-3-24-21(22)20-14-17(15-7-5-4-6-8-15)13-19(25-20)16-9-11-18(23-2)12-10-16/h4-14H,3H2,1-2H3/q+1. The fourth-order valence-corrected chi connectivity index (χ4v) is 2.50. The molecule has 0 aliphatic heterocycles. The molecule has 0 unspecified atom stereocenters. The minimum atomic E-state index is -0.477. The monoisotopic (exact) mass is 335 g/mol. The molecule has 0 bridgehead atoms. The summed E-state index contributed by atoms with van der Waals surface area (Å²) in [6.45, 7) is 2.06. The van der Waals surface area contributed by atoms with E-state index in [1.807, 2.05) is 60.7 Å². The van der Waals surface area contributed by atoms with E-state index < -0.39 is 5.97 Å². The number of rotatable bonds is 5. The van der Waals surface area contributed by atoms with Crippen LogP contribution in [0.15, 0.2) is 71.1 Å². The lowest BCUT2D eigenvalue weighted by Gasteiger charge is -2.02. The molecule has 0 saturated heterocycles. The first-order valence-corrected chi connectivity index (χ1v) is 8.06. The van der Waals surface area contributed by atoms with Crippen molar-refractivity contribution >= 4 is 5.97 Å². The summed E-state index contributed by atoms with van der Waals surface area (Å²) in [6, 6.07) is 20.9. The van der Waals surface area contributed by atoms with Crippen LogP contribution in [0.3, 0.4) is 0 Å². The van der Waals surface area contributed by atoms with Crippen LogP contribution in [-0.2, 0) is 4.74 Å². The smallest absolute Gasteiger partial charge is 0.438 e. The number of methoxy groups -OCH3 is 1. The van der Waals surface area contributed by atoms with Crippen LogP contribution < -0.4 is 4.74 Å². The van der Waals surface area contributed by atoms with E-state index in [4.69, 9.17) is 13.9 Å². The molecule has 0 aliphatic rings. The number of hydrogen-bond donors (Lipinski definition) is 0. The van der Waals surface area contributed by atoms with E-state index in [0.29, 0.717) is 12.4 Å². The van der Waals surface area contributed by atoms with Crippen molar-refractivity contribution in [2.45, 2.75) is 6.92 Å². The zero-order valence-corrected chi connectivity index (χ0v) is 14.2. The number of esters is 1. The summed E-state index contributed by atoms with van der Waals surface area (Å²) in [7, 11) is 1.62. The summed E-state index contributed by atoms with van der Waals surface area (Å²) in [5, 5.41) is 0. The first-order chi connectivity index (χ1) is 12.2. The minimum Gasteiger partial charge on any atom is -0.497 e. The van der Waals surface area contributed by atoms with Gasteiger partial charge in [0.25, 0.3) is 0 Å². The highest BCUT2D eigenvalue weighted by Crippen LogP contribution is 2.29. The van der Waals surface area contributed by atoms with Gasteiger partial charge in [-0.3, -0.25) is 0 Å². The Morgan fingerprint density at radius 2 is 1.64 bits per heavy atom. The summed E-state index contributed by atoms with van der Waals surface area (Å²) in [5.41, 5.74) is 2.74. The quantitative estimate of drug-likeness (QED) is 0.482. The highest BCUT2D eigenvalue weighted by atomic mass is 16.5. The van der Waals surface area contributed by atoms with Crippen LogP contribution in [0.25, 0.3) is 22.5 Å². The van der Waals surface area contributed by atoms with Crippen molar-refractivity contribution in [1.82, 2.24) is 0 Å². The Hall–Kier alpha value is -3.14. The zero-order valence-electron chi connectivity index (χ0n) is 14.2. The molecule has 0 radical (unpaired) electrons. The second kappa shape index (κ2) is 7.62. The average Bonchev–Trinajstić information content (AvgIpc) is 2.68. The second-order valence-electron chi connectivity index (χ2n) is 5.39. The maximum Gasteiger partial charge on any atom is 0.438 e. The molecule has 25 heavy (non-hydrogen) atoms. The molecular formula is C21H19O4+. The highest BCUT2D eigenvalue weighted by Gasteiger charge is 2.26. The van der Waals surface area contributed by atoms with E-state index >= 15 is 0 Å². The summed E-state index contributed by atoms with van der Waals surface area (Å²) in [6.07, 6.45) is 0. The molecule has 0 atom stereocenters. The van der Waals surface area contributed by atoms with Gasteiger partial charge in [-0.15, -0.1) is 0 Å². The molecule has 1 aromatic heterocycles. The molecule has 0 fully saturated rings. The van der Waals surface area contributed by atoms with Crippen LogP contribution in [0, 0.1) is 0 Å². The Kier molecular flexibility index (Phi) is 5.09. The van der Waals surface area contributed by atoms with Gasteiger partial charge in [0.1, 0.15) is 5.75 Å². The van der Waals surface area contributed by atoms with E-state index in [-0.39, 0.29) is 5.76 Å². The fourth-order valence-electron chi connectivity index (χ4n) is 2.50. The van der Waals surface area contributed by atoms with Gasteiger partial charge >= 0.3 is 17.5 Å². The van der Waals surface area contributed by atoms with Crippen molar-refractivity contribution < 1.29 is 18.7 Å². The van der Waals surface area contributed by atoms with Crippen molar-refractivity contribution in [3.63, 3.8) is 0 Å². The van der Waals surface area contributed by atoms with Crippen LogP contribution in [0.2, 0.25) is 0 Å². The Morgan fingerprint density at radius 1 is 0.920 bits per heavy atom. The minimum absolute atomic E-state index is 0.175. The lowest BCUT2D eigenvalue weighted by atomic mass is 10.0. The summed E-state index contributed by atoms with van der Waals surface area (Å²) >= 11 is 0. The number of benzene rings is 2. The van der Waals surface area contributed by atoms with Gasteiger partial charge in [0.15, 0.2) is 0 Å². The third-order valence-corrected chi connectivity index (χ3v) is 3.75. The van der Waals surface area contributed by atoms with Crippen LogP contribution in [0.1, 0.15) is 17.5 Å². The number of ether oxygens (including phenoxy) is 2. The molecule has 0 amide bonds. The lowest BCUT2D eigenvalue weighted by Crippen LogP contribution is -2.05. The van der Waals surface area contributed by atoms with Gasteiger partial charge in [0.05, 0.1) is 31.4 Å². The van der Waals surface area contributed by atoms with Crippen LogP contribution in [0.5, 0.6) is 5.75 Å². The van der Waals surface area contributed by atoms with Gasteiger partial charge in [0, 0.05) is 5.56 Å². The number of hydrogen-bond acceptors (Lipinski definition) is 3. The predicted octanol–water partition coefficient (Wildman–Crippen LogP) is 5.08. The fraction of sp³-hybridized carbons (Fsp3) is 0.143. The molecule has 2 aromatic carbocycles. The van der Waals surface area contributed by atoms with Crippen molar-refractivity contribution in [3.05, 3.63) is 72.5 Å². The highest BCUT2D eigenvalue weighted by molar-refractivity contribution is 5.88. The van der Waals surface area contributed by atoms with E-state index in [1.54, 1.807) is 20.1 Å². The molecule has 0 N–H and O–H groups in total. The van der Waals surface area contributed by atoms with Crippen LogP contribution in [-0.4, -0.2) is 19.7 Å². The van der Waals surface area contributed by atoms with Gasteiger partial charge in [-0.1, -0.05) is 30.3 Å². The number of carbonyl (C=O) groups excluding carboxylic acids is 1. The molecule has 0 saturated carbocycles. The SMILES string of the molecule is CCOC(=O)c1cc(-c2ccccc2)cc(-c2ccc(OC)cc2)[o+]1. The number of carbonyl (C=O) groups is 1. The maximum atomic E-state index is 12.2. The Bertz CT molecular complexity index is 855. The van der Waals surface area contributed by atoms with Crippen LogP contribution >= 0.6 is 0 Å². The average molecular weight is 335 g/mol. The third kappa shape index (κ3) is 3.86. The maximum absolute atomic E-state index is 12.2. The lowest BCUT2D eigenvalue weighted by molar-refractivity contribution is 0.0488. The van der Waals surface area contributed by atoms with E-state index in [1.165, 1.54) is 0 Å². The van der Waals surface area contributed by atoms with Gasteiger partial charge in [0.2, 0.25) is 0 Å². The molecule has 3 aromatic rings. The second-order valence-corrected chi connectivity index (χ2v) is 5.39. The van der Waals surface area contributed by atoms with Gasteiger partial charge in [-0.05, 0) is 36.8 Å². The van der Waals surface area contributed by atoms with Gasteiger partial charge < -0.3 is 9.47 Å². The zero-order chi connectivity index (χ0) is 17.6. The Balaban J connectivity index is 2.10. The largest absolute Gasteiger partial charge is 0.497 e. The molecule has 4 nitrogen and oxygen atoms in total. The first-order valence-electron chi connectivity index (χ1n) is 8.06. The van der Waals surface area contributed by atoms with Crippen molar-refractivity contribution in [1.29, 1.82) is 0 Å². The van der Waals surface area contributed by atoms with Gasteiger partial charge in [-0.2, -0.15) is 4.42 Å². The summed E-state index contributed by atoms with van der Waals surface area (Å²) in [5.74, 6) is 1.05. The molecule has 0 spiro atoms. The van der Waals surface area contributed by atoms with Crippen molar-refractivity contribution in [3.8, 4) is 28.2 Å². The molecular weight excluding hydrogens is 316 g/mol. The normalized spacial score (nSPS) is 10.3. The topological polar surface area (TPSA) is 46.8 Å². The van der Waals surface area contributed by atoms with Crippen LogP contribution in [0.4, 0.5) is 0 Å². The van der Waals surface area contributed by atoms with Gasteiger partial charge in [-0.25, -0.2) is 4.79 Å². The van der Waals surface area contributed by atoms with E-state index in [0.717, 1.165) is 22.4 Å². The molecule has 3 rings (SSSR count). The Labute approximate surface area is 146 Å². The van der Waals surface area contributed by atoms with E-state index in [2.05, 4.69) is 0 Å². The molecule has 4 heteroatoms. The van der Waals surface area contributed by atoms with E-state index in [9.17, 15) is 4.79 Å². The van der Waals surface area contributed by atoms with Crippen molar-refractivity contribution in [2.24, 2.45) is 0 Å². The molecule has 126 valence electrons. The summed E-state index contributed by atoms with van der Waals surface area (Å²) < 4.78 is 16.1.